The molecular formula is C63H87CoN14O14P-2. The zero-order chi connectivity index (χ0) is 68.7. The molecule has 14 atom stereocenters. The first-order valence-electron chi connectivity index (χ1n) is 30.6. The number of aliphatic hydroxyl groups is 2. The normalized spacial score (nSPS) is 32.4. The number of ether oxygens (including phenoxy) is 1. The van der Waals surface area contributed by atoms with Gasteiger partial charge in [0.15, 0.2) is 6.23 Å². The summed E-state index contributed by atoms with van der Waals surface area (Å²) in [7, 11) is -5.32. The van der Waals surface area contributed by atoms with E-state index >= 15 is 0 Å². The topological polar surface area (TPSA) is 487 Å². The number of aliphatic hydroxyl groups excluding tert-OH is 2. The summed E-state index contributed by atoms with van der Waals surface area (Å²) in [5.41, 5.74) is 36.6. The number of primary amides is 6. The maximum Gasteiger partial charge on any atom is 0.268 e. The van der Waals surface area contributed by atoms with Crippen LogP contribution in [0.3, 0.4) is 0 Å². The summed E-state index contributed by atoms with van der Waals surface area (Å²) in [6, 6.07) is 3.71. The SMILES string of the molecule is C/C1=C2/N=C(C(CC(N)=O)C2(C)CCC(=O)NCC(C)OP(=O)([O-])OC2C(CO)OC(n3cnc4cc(C)c(C)cc43)C2O)C2(C)N=C(/C(C)=C3N=C(/C=C4N=C1C(CCC(N)=O)C\4(C)C)C(CCC(N)=O)C/3(C)CC(N)=O)C(CCC(N)=O)C2(C)CC(N)=O.[C-]#N.[Co]. The molecular weight excluding hydrogens is 1270 g/mol. The predicted octanol–water partition coefficient (Wildman–Crippen LogP) is 3.11. The number of imidazole rings is 1. The smallest absolute Gasteiger partial charge is 0.268 e. The number of benzene rings is 1. The number of phosphoric acid groups is 1. The van der Waals surface area contributed by atoms with Crippen molar-refractivity contribution in [2.75, 3.05) is 13.2 Å². The van der Waals surface area contributed by atoms with Gasteiger partial charge < -0.3 is 85.0 Å². The molecule has 28 nitrogen and oxygen atoms in total. The molecule has 8 rings (SSSR count). The van der Waals surface area contributed by atoms with Crippen LogP contribution in [0.5, 0.6) is 0 Å². The van der Waals surface area contributed by atoms with Crippen molar-refractivity contribution in [3.63, 3.8) is 0 Å². The minimum atomic E-state index is -5.32. The Morgan fingerprint density at radius 3 is 1.89 bits per heavy atom. The van der Waals surface area contributed by atoms with Crippen molar-refractivity contribution >= 4 is 83.1 Å². The van der Waals surface area contributed by atoms with Crippen LogP contribution in [0.25, 0.3) is 11.0 Å². The fraction of sp³-hybridized carbons (Fsp3) is 0.603. The Hall–Kier alpha value is -7.13. The fourth-order valence-electron chi connectivity index (χ4n) is 15.0. The molecule has 93 heavy (non-hydrogen) atoms. The van der Waals surface area contributed by atoms with E-state index in [1.54, 1.807) is 27.7 Å². The molecule has 1 saturated heterocycles. The number of aromatic nitrogens is 2. The number of nitrogens with two attached hydrogens (primary N) is 6. The van der Waals surface area contributed by atoms with E-state index < -0.39 is 137 Å². The summed E-state index contributed by atoms with van der Waals surface area (Å²) in [6.45, 7) is 23.6. The van der Waals surface area contributed by atoms with Gasteiger partial charge in [0.1, 0.15) is 23.9 Å². The van der Waals surface area contributed by atoms with Gasteiger partial charge in [0, 0.05) is 136 Å². The quantitative estimate of drug-likeness (QED) is 0.0483. The molecule has 6 aliphatic heterocycles. The number of aliphatic imine (C=N–C) groups is 4. The van der Waals surface area contributed by atoms with Gasteiger partial charge in [-0.15, -0.1) is 0 Å². The second kappa shape index (κ2) is 28.4. The molecule has 15 N–H and O–H groups in total. The van der Waals surface area contributed by atoms with Crippen molar-refractivity contribution in [1.29, 1.82) is 5.26 Å². The Labute approximate surface area is 550 Å². The summed E-state index contributed by atoms with van der Waals surface area (Å²) in [4.78, 5) is 133. The zero-order valence-corrected chi connectivity index (χ0v) is 56.3. The summed E-state index contributed by atoms with van der Waals surface area (Å²) >= 11 is 0. The van der Waals surface area contributed by atoms with Crippen LogP contribution in [-0.4, -0.2) is 127 Å². The standard InChI is InChI=1S/C62H88N13O14P.CN.Co/c1-29-20-39-40(21-30(29)2)75(28-70-39)57-52(84)53(41(27-76)87-57)89-90(85,86)88-31(3)26-69-49(83)18-19-59(8)37(22-46(66)80)56-62(11)61(10,25-48(68)82)36(14-17-45(65)79)51(74-62)33(5)55-60(9,24-47(67)81)34(12-15-43(63)77)38(71-55)23-42-58(6,7)35(13-16-44(64)78)50(72-42)32(4)54(59)73-56;1-2;/h20-21,23,28,31,34-37,41,52-53,57,76,84H,12-19,22,24-27H2,1-11H3,(H2,63,77)(H2,64,78)(H2,65,79)(H2,66,80)(H2,67,81)(H2,68,82)(H,69,83)(H,85,86);;/q;-1;/p-1/b42-23-,54-32-,55-33+;;. The van der Waals surface area contributed by atoms with Crippen molar-refractivity contribution in [1.82, 2.24) is 14.9 Å². The fourth-order valence-corrected chi connectivity index (χ4v) is 16.1. The van der Waals surface area contributed by atoms with E-state index in [2.05, 4.69) is 10.3 Å². The predicted molar refractivity (Wildman–Crippen MR) is 337 cm³/mol. The molecule has 1 aromatic carbocycles. The van der Waals surface area contributed by atoms with Crippen LogP contribution in [-0.2, 0) is 68.7 Å². The Kier molecular flexibility index (Phi) is 22.9. The van der Waals surface area contributed by atoms with Crippen molar-refractivity contribution in [3.05, 3.63) is 70.5 Å². The minimum absolute atomic E-state index is 0. The first-order chi connectivity index (χ1) is 42.8. The van der Waals surface area contributed by atoms with E-state index in [4.69, 9.17) is 80.0 Å². The Bertz CT molecular complexity index is 3670. The average molecular weight is 1350 g/mol. The number of hydrogen-bond donors (Lipinski definition) is 9. The third kappa shape index (κ3) is 14.6. The molecule has 0 aliphatic carbocycles. The van der Waals surface area contributed by atoms with Gasteiger partial charge in [-0.1, -0.05) is 34.6 Å². The number of aryl methyl sites for hydroxylation is 2. The summed E-state index contributed by atoms with van der Waals surface area (Å²) < 4.78 is 31.9. The van der Waals surface area contributed by atoms with Crippen LogP contribution < -0.4 is 44.6 Å². The first-order valence-corrected chi connectivity index (χ1v) is 32.1. The number of carbonyl (C=O) groups excluding carboxylic acids is 7. The average Bonchev–Trinajstić information content (AvgIpc) is 1.53. The van der Waals surface area contributed by atoms with E-state index in [0.717, 1.165) is 11.1 Å². The van der Waals surface area contributed by atoms with Gasteiger partial charge in [0.25, 0.3) is 7.82 Å². The van der Waals surface area contributed by atoms with Gasteiger partial charge in [-0.3, -0.25) is 58.1 Å². The number of phosphoric ester groups is 1. The van der Waals surface area contributed by atoms with E-state index in [1.807, 2.05) is 59.8 Å². The van der Waals surface area contributed by atoms with Crippen molar-refractivity contribution in [2.24, 2.45) is 99.7 Å². The Morgan fingerprint density at radius 1 is 0.763 bits per heavy atom. The molecule has 7 heterocycles. The molecule has 2 aromatic rings. The molecule has 7 amide bonds. The van der Waals surface area contributed by atoms with E-state index in [-0.39, 0.29) is 99.7 Å². The Morgan fingerprint density at radius 2 is 1.32 bits per heavy atom. The van der Waals surface area contributed by atoms with Gasteiger partial charge in [-0.2, -0.15) is 0 Å². The molecule has 1 radical (unpaired) electrons. The van der Waals surface area contributed by atoms with Crippen molar-refractivity contribution in [3.8, 4) is 0 Å². The zero-order valence-electron chi connectivity index (χ0n) is 54.4. The maximum absolute atomic E-state index is 14.3. The van der Waals surface area contributed by atoms with E-state index in [9.17, 15) is 53.2 Å². The number of nitrogens with zero attached hydrogens (tertiary/aromatic N) is 7. The van der Waals surface area contributed by atoms with E-state index in [0.29, 0.717) is 56.4 Å². The third-order valence-electron chi connectivity index (χ3n) is 20.2. The number of hydrogen-bond acceptors (Lipinski definition) is 20. The van der Waals surface area contributed by atoms with Crippen molar-refractivity contribution in [2.45, 2.75) is 183 Å². The summed E-state index contributed by atoms with van der Waals surface area (Å²) in [5.74, 6) is -7.58. The number of allylic oxidation sites excluding steroid dienone is 6. The Balaban J connectivity index is 0.00000453. The molecule has 6 aliphatic rings. The van der Waals surface area contributed by atoms with Crippen molar-refractivity contribution < 1.29 is 83.8 Å². The molecule has 0 spiro atoms. The number of carbonyl (C=O) groups is 7. The number of fused-ring (bicyclic) bond motifs is 6. The number of nitrogens with one attached hydrogen (secondary N) is 1. The van der Waals surface area contributed by atoms with E-state index in [1.165, 1.54) is 17.8 Å². The van der Waals surface area contributed by atoms with Gasteiger partial charge in [-0.05, 0) is 108 Å². The van der Waals surface area contributed by atoms with Crippen LogP contribution in [0.15, 0.2) is 72.7 Å². The summed E-state index contributed by atoms with van der Waals surface area (Å²) in [6.07, 6.45) is -4.95. The van der Waals surface area contributed by atoms with Gasteiger partial charge in [0.2, 0.25) is 41.4 Å². The van der Waals surface area contributed by atoms with Crippen LogP contribution >= 0.6 is 7.82 Å². The van der Waals surface area contributed by atoms with Crippen LogP contribution in [0.2, 0.25) is 0 Å². The minimum Gasteiger partial charge on any atom is -0.756 e. The van der Waals surface area contributed by atoms with Gasteiger partial charge in [-0.25, -0.2) is 4.98 Å². The molecule has 8 bridgehead atoms. The maximum atomic E-state index is 14.3. The molecule has 1 aromatic heterocycles. The number of amides is 7. The molecule has 0 saturated carbocycles. The van der Waals surface area contributed by atoms with Crippen LogP contribution in [0.1, 0.15) is 150 Å². The molecule has 509 valence electrons. The second-order valence-electron chi connectivity index (χ2n) is 26.8. The molecule has 1 fully saturated rings. The van der Waals surface area contributed by atoms with Crippen LogP contribution in [0.4, 0.5) is 0 Å². The molecule has 30 heteroatoms. The second-order valence-corrected chi connectivity index (χ2v) is 28.1. The van der Waals surface area contributed by atoms with Crippen LogP contribution in [0, 0.1) is 71.0 Å². The monoisotopic (exact) mass is 1350 g/mol. The number of rotatable bonds is 26. The third-order valence-corrected chi connectivity index (χ3v) is 21.3. The first kappa shape index (κ1) is 74.9. The molecule has 14 unspecified atom stereocenters. The summed E-state index contributed by atoms with van der Waals surface area (Å²) in [5, 5.41) is 30.7. The largest absolute Gasteiger partial charge is 0.756 e. The van der Waals surface area contributed by atoms with Gasteiger partial charge >= 0.3 is 0 Å². The van der Waals surface area contributed by atoms with Gasteiger partial charge in [0.05, 0.1) is 47.2 Å².